The van der Waals surface area contributed by atoms with E-state index in [1.165, 1.54) is 11.6 Å². The van der Waals surface area contributed by atoms with Gasteiger partial charge in [0.05, 0.1) is 11.6 Å². The summed E-state index contributed by atoms with van der Waals surface area (Å²) >= 11 is 0. The maximum Gasteiger partial charge on any atom is 0.188 e. The van der Waals surface area contributed by atoms with Crippen molar-refractivity contribution < 1.29 is 4.39 Å². The molecule has 26 heavy (non-hydrogen) atoms. The van der Waals surface area contributed by atoms with Gasteiger partial charge in [-0.1, -0.05) is 42.5 Å². The zero-order valence-corrected chi connectivity index (χ0v) is 14.5. The van der Waals surface area contributed by atoms with Crippen LogP contribution in [0.25, 0.3) is 17.0 Å². The molecule has 1 unspecified atom stereocenters. The van der Waals surface area contributed by atoms with Crippen molar-refractivity contribution in [3.63, 3.8) is 0 Å². The monoisotopic (exact) mass is 347 g/mol. The lowest BCUT2D eigenvalue weighted by atomic mass is 10.1. The zero-order valence-electron chi connectivity index (χ0n) is 14.5. The van der Waals surface area contributed by atoms with E-state index < -0.39 is 0 Å². The number of nitrogens with zero attached hydrogens (tertiary/aromatic N) is 5. The SMILES string of the molecule is CC(c1ccccc1)N(C)c1ccc2nnc(-c3ccccc3F)n2n1. The minimum absolute atomic E-state index is 0.134. The highest BCUT2D eigenvalue weighted by atomic mass is 19.1. The van der Waals surface area contributed by atoms with Crippen LogP contribution in [-0.2, 0) is 0 Å². The van der Waals surface area contributed by atoms with Crippen LogP contribution >= 0.6 is 0 Å². The van der Waals surface area contributed by atoms with Crippen LogP contribution in [-0.4, -0.2) is 26.9 Å². The number of anilines is 1. The predicted molar refractivity (Wildman–Crippen MR) is 99.4 cm³/mol. The van der Waals surface area contributed by atoms with E-state index in [2.05, 4.69) is 39.3 Å². The number of aromatic nitrogens is 4. The quantitative estimate of drug-likeness (QED) is 0.557. The van der Waals surface area contributed by atoms with Gasteiger partial charge in [-0.3, -0.25) is 0 Å². The molecule has 4 aromatic rings. The van der Waals surface area contributed by atoms with Crippen molar-refractivity contribution in [2.24, 2.45) is 0 Å². The van der Waals surface area contributed by atoms with Gasteiger partial charge >= 0.3 is 0 Å². The molecular weight excluding hydrogens is 329 g/mol. The van der Waals surface area contributed by atoms with Crippen molar-refractivity contribution in [2.45, 2.75) is 13.0 Å². The molecule has 1 atom stereocenters. The summed E-state index contributed by atoms with van der Waals surface area (Å²) in [6.45, 7) is 2.12. The molecule has 0 spiro atoms. The number of rotatable bonds is 4. The lowest BCUT2D eigenvalue weighted by molar-refractivity contribution is 0.629. The molecule has 0 saturated heterocycles. The normalized spacial score (nSPS) is 12.3. The molecule has 5 nitrogen and oxygen atoms in total. The lowest BCUT2D eigenvalue weighted by Crippen LogP contribution is -2.23. The first kappa shape index (κ1) is 16.2. The second kappa shape index (κ2) is 6.55. The van der Waals surface area contributed by atoms with E-state index in [1.54, 1.807) is 22.7 Å². The van der Waals surface area contributed by atoms with Crippen LogP contribution in [0, 0.1) is 5.82 Å². The first-order valence-electron chi connectivity index (χ1n) is 8.40. The molecule has 0 saturated carbocycles. The summed E-state index contributed by atoms with van der Waals surface area (Å²) in [7, 11) is 1.99. The fraction of sp³-hybridized carbons (Fsp3) is 0.150. The van der Waals surface area contributed by atoms with E-state index in [-0.39, 0.29) is 11.9 Å². The number of hydrogen-bond donors (Lipinski definition) is 0. The summed E-state index contributed by atoms with van der Waals surface area (Å²) in [5.41, 5.74) is 2.14. The van der Waals surface area contributed by atoms with Crippen LogP contribution < -0.4 is 4.90 Å². The van der Waals surface area contributed by atoms with E-state index in [0.717, 1.165) is 5.82 Å². The van der Waals surface area contributed by atoms with Crippen molar-refractivity contribution in [1.82, 2.24) is 19.8 Å². The Hall–Kier alpha value is -3.28. The largest absolute Gasteiger partial charge is 0.351 e. The zero-order chi connectivity index (χ0) is 18.1. The number of hydrogen-bond acceptors (Lipinski definition) is 4. The molecule has 4 rings (SSSR count). The van der Waals surface area contributed by atoms with Gasteiger partial charge in [0.2, 0.25) is 0 Å². The Morgan fingerprint density at radius 1 is 0.923 bits per heavy atom. The van der Waals surface area contributed by atoms with Gasteiger partial charge in [0.1, 0.15) is 11.6 Å². The minimum atomic E-state index is -0.347. The summed E-state index contributed by atoms with van der Waals surface area (Å²) in [6.07, 6.45) is 0. The fourth-order valence-corrected chi connectivity index (χ4v) is 2.93. The van der Waals surface area contributed by atoms with Crippen molar-refractivity contribution in [3.05, 3.63) is 78.1 Å². The molecule has 0 amide bonds. The van der Waals surface area contributed by atoms with Gasteiger partial charge in [-0.15, -0.1) is 15.3 Å². The highest BCUT2D eigenvalue weighted by Crippen LogP contribution is 2.25. The number of halogens is 1. The molecule has 0 aliphatic heterocycles. The van der Waals surface area contributed by atoms with Crippen LogP contribution in [0.15, 0.2) is 66.7 Å². The molecule has 2 aromatic carbocycles. The van der Waals surface area contributed by atoms with Gasteiger partial charge in [0, 0.05) is 7.05 Å². The Kier molecular flexibility index (Phi) is 4.08. The van der Waals surface area contributed by atoms with E-state index in [4.69, 9.17) is 0 Å². The summed E-state index contributed by atoms with van der Waals surface area (Å²) in [4.78, 5) is 2.07. The van der Waals surface area contributed by atoms with Crippen molar-refractivity contribution in [2.75, 3.05) is 11.9 Å². The highest BCUT2D eigenvalue weighted by Gasteiger charge is 2.17. The van der Waals surface area contributed by atoms with Gasteiger partial charge in [-0.25, -0.2) is 4.39 Å². The molecule has 0 aliphatic rings. The Labute approximate surface area is 150 Å². The number of fused-ring (bicyclic) bond motifs is 1. The maximum atomic E-state index is 14.2. The predicted octanol–water partition coefficient (Wildman–Crippen LogP) is 4.13. The molecule has 0 bridgehead atoms. The third-order valence-electron chi connectivity index (χ3n) is 4.59. The minimum Gasteiger partial charge on any atom is -0.351 e. The molecule has 2 heterocycles. The van der Waals surface area contributed by atoms with Gasteiger partial charge in [-0.05, 0) is 36.8 Å². The van der Waals surface area contributed by atoms with Crippen LogP contribution in [0.1, 0.15) is 18.5 Å². The van der Waals surface area contributed by atoms with Crippen molar-refractivity contribution in [1.29, 1.82) is 0 Å². The molecule has 0 N–H and O–H groups in total. The smallest absolute Gasteiger partial charge is 0.188 e. The topological polar surface area (TPSA) is 46.3 Å². The summed E-state index contributed by atoms with van der Waals surface area (Å²) in [5.74, 6) is 0.798. The third kappa shape index (κ3) is 2.79. The van der Waals surface area contributed by atoms with Crippen molar-refractivity contribution >= 4 is 11.5 Å². The van der Waals surface area contributed by atoms with Crippen LogP contribution in [0.2, 0.25) is 0 Å². The van der Waals surface area contributed by atoms with Crippen molar-refractivity contribution in [3.8, 4) is 11.4 Å². The fourth-order valence-electron chi connectivity index (χ4n) is 2.93. The Bertz CT molecular complexity index is 1040. The lowest BCUT2D eigenvalue weighted by Gasteiger charge is -2.26. The van der Waals surface area contributed by atoms with Gasteiger partial charge in [-0.2, -0.15) is 4.52 Å². The highest BCUT2D eigenvalue weighted by molar-refractivity contribution is 5.60. The Morgan fingerprint density at radius 3 is 2.42 bits per heavy atom. The Morgan fingerprint density at radius 2 is 1.65 bits per heavy atom. The van der Waals surface area contributed by atoms with Crippen LogP contribution in [0.5, 0.6) is 0 Å². The number of benzene rings is 2. The molecular formula is C20H18FN5. The summed E-state index contributed by atoms with van der Waals surface area (Å²) in [6, 6.07) is 20.6. The first-order valence-corrected chi connectivity index (χ1v) is 8.40. The molecule has 2 aromatic heterocycles. The molecule has 0 radical (unpaired) electrons. The van der Waals surface area contributed by atoms with Gasteiger partial charge in [0.15, 0.2) is 11.5 Å². The van der Waals surface area contributed by atoms with E-state index in [0.29, 0.717) is 17.0 Å². The van der Waals surface area contributed by atoms with Gasteiger partial charge in [0.25, 0.3) is 0 Å². The van der Waals surface area contributed by atoms with Crippen LogP contribution in [0.3, 0.4) is 0 Å². The van der Waals surface area contributed by atoms with E-state index >= 15 is 0 Å². The summed E-state index contributed by atoms with van der Waals surface area (Å²) in [5, 5.41) is 12.9. The third-order valence-corrected chi connectivity index (χ3v) is 4.59. The van der Waals surface area contributed by atoms with Gasteiger partial charge < -0.3 is 4.90 Å². The second-order valence-corrected chi connectivity index (χ2v) is 6.16. The first-order chi connectivity index (χ1) is 12.6. The average molecular weight is 347 g/mol. The van der Waals surface area contributed by atoms with E-state index in [9.17, 15) is 4.39 Å². The summed E-state index contributed by atoms with van der Waals surface area (Å²) < 4.78 is 15.8. The molecule has 130 valence electrons. The average Bonchev–Trinajstić information content (AvgIpc) is 3.11. The second-order valence-electron chi connectivity index (χ2n) is 6.16. The molecule has 0 fully saturated rings. The Balaban J connectivity index is 1.76. The maximum absolute atomic E-state index is 14.2. The van der Waals surface area contributed by atoms with E-state index in [1.807, 2.05) is 37.4 Å². The molecule has 0 aliphatic carbocycles. The van der Waals surface area contributed by atoms with Crippen LogP contribution in [0.4, 0.5) is 10.2 Å². The molecule has 6 heteroatoms. The standard InChI is InChI=1S/C20H18FN5/c1-14(15-8-4-3-5-9-15)25(2)19-13-12-18-22-23-20(26(18)24-19)16-10-6-7-11-17(16)21/h3-14H,1-2H3.